The zero-order chi connectivity index (χ0) is 11.0. The van der Waals surface area contributed by atoms with Gasteiger partial charge in [0.2, 0.25) is 0 Å². The maximum atomic E-state index is 13.5. The Kier molecular flexibility index (Phi) is 2.98. The number of nitrogens with two attached hydrogens (primary N) is 1. The van der Waals surface area contributed by atoms with Crippen LogP contribution in [0.2, 0.25) is 0 Å². The Morgan fingerprint density at radius 1 is 1.40 bits per heavy atom. The lowest BCUT2D eigenvalue weighted by Gasteiger charge is -2.18. The lowest BCUT2D eigenvalue weighted by atomic mass is 9.93. The van der Waals surface area contributed by atoms with Crippen LogP contribution >= 0.6 is 11.8 Å². The molecule has 2 rings (SSSR count). The molecular weight excluding hydrogens is 216 g/mol. The summed E-state index contributed by atoms with van der Waals surface area (Å²) in [6.45, 7) is 2.04. The highest BCUT2D eigenvalue weighted by molar-refractivity contribution is 7.98. The predicted molar refractivity (Wildman–Crippen MR) is 58.6 cm³/mol. The summed E-state index contributed by atoms with van der Waals surface area (Å²) < 4.78 is 26.6. The molecule has 82 valence electrons. The molecule has 1 aliphatic heterocycles. The Morgan fingerprint density at radius 2 is 2.13 bits per heavy atom. The number of rotatable bonds is 0. The molecule has 1 aromatic carbocycles. The van der Waals surface area contributed by atoms with Crippen molar-refractivity contribution in [2.75, 3.05) is 5.75 Å². The van der Waals surface area contributed by atoms with E-state index in [2.05, 4.69) is 0 Å². The number of thioether (sulfide) groups is 1. The van der Waals surface area contributed by atoms with Crippen LogP contribution in [0.4, 0.5) is 8.78 Å². The second-order valence-corrected chi connectivity index (χ2v) is 4.98. The van der Waals surface area contributed by atoms with Crippen molar-refractivity contribution >= 4 is 11.8 Å². The quantitative estimate of drug-likeness (QED) is 0.740. The van der Waals surface area contributed by atoms with E-state index in [4.69, 9.17) is 5.73 Å². The predicted octanol–water partition coefficient (Wildman–Crippen LogP) is 2.85. The standard InChI is InChI=1S/C11H13F2NS/c1-6-4-15-5-8-7(11(6)14)2-3-9(12)10(8)13/h2-3,6,11H,4-5,14H2,1H3. The van der Waals surface area contributed by atoms with Gasteiger partial charge in [-0.1, -0.05) is 13.0 Å². The zero-order valence-corrected chi connectivity index (χ0v) is 9.28. The van der Waals surface area contributed by atoms with Gasteiger partial charge in [-0.3, -0.25) is 0 Å². The molecule has 0 radical (unpaired) electrons. The van der Waals surface area contributed by atoms with Gasteiger partial charge in [0.05, 0.1) is 0 Å². The molecule has 2 unspecified atom stereocenters. The van der Waals surface area contributed by atoms with Gasteiger partial charge >= 0.3 is 0 Å². The smallest absolute Gasteiger partial charge is 0.163 e. The molecule has 0 aliphatic carbocycles. The molecule has 1 heterocycles. The molecule has 1 aliphatic rings. The second kappa shape index (κ2) is 4.10. The minimum Gasteiger partial charge on any atom is -0.324 e. The number of hydrogen-bond acceptors (Lipinski definition) is 2. The van der Waals surface area contributed by atoms with Gasteiger partial charge in [0, 0.05) is 17.4 Å². The monoisotopic (exact) mass is 229 g/mol. The first kappa shape index (κ1) is 10.9. The second-order valence-electron chi connectivity index (χ2n) is 3.95. The largest absolute Gasteiger partial charge is 0.324 e. The number of benzene rings is 1. The van der Waals surface area contributed by atoms with Crippen molar-refractivity contribution in [3.8, 4) is 0 Å². The fraction of sp³-hybridized carbons (Fsp3) is 0.455. The van der Waals surface area contributed by atoms with Crippen molar-refractivity contribution < 1.29 is 8.78 Å². The van der Waals surface area contributed by atoms with Crippen molar-refractivity contribution in [2.24, 2.45) is 11.7 Å². The SMILES string of the molecule is CC1CSCc2c(ccc(F)c2F)C1N. The van der Waals surface area contributed by atoms with Crippen LogP contribution in [-0.4, -0.2) is 5.75 Å². The summed E-state index contributed by atoms with van der Waals surface area (Å²) in [5.41, 5.74) is 7.20. The molecule has 0 spiro atoms. The molecule has 2 atom stereocenters. The van der Waals surface area contributed by atoms with Crippen LogP contribution in [0, 0.1) is 17.6 Å². The molecule has 15 heavy (non-hydrogen) atoms. The van der Waals surface area contributed by atoms with Gasteiger partial charge in [0.15, 0.2) is 11.6 Å². The Bertz CT molecular complexity index is 381. The van der Waals surface area contributed by atoms with E-state index in [9.17, 15) is 8.78 Å². The van der Waals surface area contributed by atoms with E-state index < -0.39 is 11.6 Å². The van der Waals surface area contributed by atoms with Gasteiger partial charge < -0.3 is 5.73 Å². The Labute approximate surface area is 92.0 Å². The maximum Gasteiger partial charge on any atom is 0.163 e. The lowest BCUT2D eigenvalue weighted by molar-refractivity contribution is 0.486. The summed E-state index contributed by atoms with van der Waals surface area (Å²) in [6, 6.07) is 2.59. The van der Waals surface area contributed by atoms with Crippen molar-refractivity contribution in [1.29, 1.82) is 0 Å². The molecule has 4 heteroatoms. The van der Waals surface area contributed by atoms with E-state index in [1.165, 1.54) is 0 Å². The average molecular weight is 229 g/mol. The van der Waals surface area contributed by atoms with Crippen LogP contribution in [0.3, 0.4) is 0 Å². The summed E-state index contributed by atoms with van der Waals surface area (Å²) in [7, 11) is 0. The lowest BCUT2D eigenvalue weighted by Crippen LogP contribution is -2.20. The van der Waals surface area contributed by atoms with Gasteiger partial charge in [0.1, 0.15) is 0 Å². The summed E-state index contributed by atoms with van der Waals surface area (Å²) >= 11 is 1.61. The topological polar surface area (TPSA) is 26.0 Å². The van der Waals surface area contributed by atoms with E-state index in [1.54, 1.807) is 17.8 Å². The van der Waals surface area contributed by atoms with Gasteiger partial charge in [0.25, 0.3) is 0 Å². The van der Waals surface area contributed by atoms with E-state index in [-0.39, 0.29) is 6.04 Å². The first-order chi connectivity index (χ1) is 7.11. The van der Waals surface area contributed by atoms with Crippen LogP contribution in [0.25, 0.3) is 0 Å². The number of halogens is 2. The maximum absolute atomic E-state index is 13.5. The molecule has 1 aromatic rings. The summed E-state index contributed by atoms with van der Waals surface area (Å²) in [5.74, 6) is 0.176. The highest BCUT2D eigenvalue weighted by Gasteiger charge is 2.25. The van der Waals surface area contributed by atoms with Crippen molar-refractivity contribution in [2.45, 2.75) is 18.7 Å². The summed E-state index contributed by atoms with van der Waals surface area (Å²) in [5, 5.41) is 0. The molecule has 0 amide bonds. The van der Waals surface area contributed by atoms with E-state index >= 15 is 0 Å². The van der Waals surface area contributed by atoms with E-state index in [0.29, 0.717) is 17.2 Å². The zero-order valence-electron chi connectivity index (χ0n) is 8.47. The van der Waals surface area contributed by atoms with Gasteiger partial charge in [-0.2, -0.15) is 11.8 Å². The first-order valence-electron chi connectivity index (χ1n) is 4.91. The normalized spacial score (nSPS) is 25.9. The highest BCUT2D eigenvalue weighted by atomic mass is 32.2. The van der Waals surface area contributed by atoms with Crippen molar-refractivity contribution in [1.82, 2.24) is 0 Å². The molecule has 2 N–H and O–H groups in total. The number of hydrogen-bond donors (Lipinski definition) is 1. The molecule has 0 saturated carbocycles. The Morgan fingerprint density at radius 3 is 2.87 bits per heavy atom. The molecule has 1 nitrogen and oxygen atoms in total. The van der Waals surface area contributed by atoms with E-state index in [1.807, 2.05) is 6.92 Å². The third-order valence-corrected chi connectivity index (χ3v) is 4.09. The number of fused-ring (bicyclic) bond motifs is 1. The van der Waals surface area contributed by atoms with Crippen LogP contribution < -0.4 is 5.73 Å². The molecule has 0 aromatic heterocycles. The molecule has 0 saturated heterocycles. The molecule has 0 bridgehead atoms. The van der Waals surface area contributed by atoms with Crippen LogP contribution in [0.15, 0.2) is 12.1 Å². The van der Waals surface area contributed by atoms with Crippen LogP contribution in [0.1, 0.15) is 24.1 Å². The third kappa shape index (κ3) is 1.88. The summed E-state index contributed by atoms with van der Waals surface area (Å²) in [6.07, 6.45) is 0. The van der Waals surface area contributed by atoms with Crippen molar-refractivity contribution in [3.05, 3.63) is 34.9 Å². The van der Waals surface area contributed by atoms with Crippen LogP contribution in [0.5, 0.6) is 0 Å². The minimum atomic E-state index is -0.781. The Hall–Kier alpha value is -0.610. The van der Waals surface area contributed by atoms with Crippen LogP contribution in [-0.2, 0) is 5.75 Å². The van der Waals surface area contributed by atoms with Crippen molar-refractivity contribution in [3.63, 3.8) is 0 Å². The van der Waals surface area contributed by atoms with E-state index in [0.717, 1.165) is 17.4 Å². The minimum absolute atomic E-state index is 0.190. The fourth-order valence-corrected chi connectivity index (χ4v) is 3.02. The average Bonchev–Trinajstić information content (AvgIpc) is 2.35. The van der Waals surface area contributed by atoms with Gasteiger partial charge in [-0.05, 0) is 23.3 Å². The third-order valence-electron chi connectivity index (χ3n) is 2.83. The summed E-state index contributed by atoms with van der Waals surface area (Å²) in [4.78, 5) is 0. The fourth-order valence-electron chi connectivity index (χ4n) is 1.82. The van der Waals surface area contributed by atoms with Gasteiger partial charge in [-0.25, -0.2) is 8.78 Å². The molecule has 0 fully saturated rings. The Balaban J connectivity index is 2.53. The first-order valence-corrected chi connectivity index (χ1v) is 6.07. The highest BCUT2D eigenvalue weighted by Crippen LogP contribution is 2.34. The molecular formula is C11H13F2NS. The van der Waals surface area contributed by atoms with Gasteiger partial charge in [-0.15, -0.1) is 0 Å².